The molecule has 0 unspecified atom stereocenters. The van der Waals surface area contributed by atoms with E-state index in [-0.39, 0.29) is 10.8 Å². The van der Waals surface area contributed by atoms with Crippen LogP contribution in [0.4, 0.5) is 0 Å². The Bertz CT molecular complexity index is 3600. The third-order valence-corrected chi connectivity index (χ3v) is 14.6. The molecule has 12 rings (SSSR count). The number of hydrogen-bond acceptors (Lipinski definition) is 0. The summed E-state index contributed by atoms with van der Waals surface area (Å²) in [5.74, 6) is 0.616. The van der Waals surface area contributed by atoms with Gasteiger partial charge in [-0.2, -0.15) is 0 Å². The molecule has 0 amide bonds. The van der Waals surface area contributed by atoms with Crippen LogP contribution in [0.3, 0.4) is 0 Å². The van der Waals surface area contributed by atoms with Crippen molar-refractivity contribution in [2.75, 3.05) is 0 Å². The smallest absolute Gasteiger partial charge is 0.0159 e. The van der Waals surface area contributed by atoms with Gasteiger partial charge >= 0.3 is 0 Å². The van der Waals surface area contributed by atoms with E-state index in [1.54, 1.807) is 0 Å². The Morgan fingerprint density at radius 2 is 0.952 bits per heavy atom. The summed E-state index contributed by atoms with van der Waals surface area (Å²) >= 11 is 0. The van der Waals surface area contributed by atoms with Crippen molar-refractivity contribution >= 4 is 64.6 Å². The number of rotatable bonds is 5. The normalized spacial score (nSPS) is 13.8. The number of benzene rings is 11. The SMILES string of the molecule is Cc1cc(-c2ccc3ccc4cc(C(C)(C)C)cc5ccc2c3c45)c(-c2ccc3c(c2)C(C)(C)c2ccccc2-3)cc1-c1ccc2ccc3cc(CC(C)C)cc4ccc1c2c34. The lowest BCUT2D eigenvalue weighted by molar-refractivity contribution is 0.591. The summed E-state index contributed by atoms with van der Waals surface area (Å²) in [5, 5.41) is 16.0. The molecule has 62 heavy (non-hydrogen) atoms. The average Bonchev–Trinajstić information content (AvgIpc) is 3.49. The second-order valence-corrected chi connectivity index (χ2v) is 20.5. The van der Waals surface area contributed by atoms with Crippen LogP contribution in [0.15, 0.2) is 152 Å². The summed E-state index contributed by atoms with van der Waals surface area (Å²) in [4.78, 5) is 0. The van der Waals surface area contributed by atoms with Crippen LogP contribution in [0.2, 0.25) is 0 Å². The summed E-state index contributed by atoms with van der Waals surface area (Å²) in [6.07, 6.45) is 1.09. The lowest BCUT2D eigenvalue weighted by Gasteiger charge is -2.24. The molecule has 300 valence electrons. The van der Waals surface area contributed by atoms with Gasteiger partial charge in [-0.05, 0) is 174 Å². The van der Waals surface area contributed by atoms with Crippen LogP contribution in [-0.4, -0.2) is 0 Å². The van der Waals surface area contributed by atoms with Crippen LogP contribution in [-0.2, 0) is 17.3 Å². The van der Waals surface area contributed by atoms with E-state index in [1.807, 2.05) is 0 Å². The maximum atomic E-state index is 2.53. The van der Waals surface area contributed by atoms with Gasteiger partial charge in [0.15, 0.2) is 0 Å². The highest BCUT2D eigenvalue weighted by Crippen LogP contribution is 2.52. The molecule has 0 N–H and O–H groups in total. The molecule has 0 fully saturated rings. The Morgan fingerprint density at radius 1 is 0.435 bits per heavy atom. The monoisotopic (exact) mass is 796 g/mol. The molecule has 0 radical (unpaired) electrons. The van der Waals surface area contributed by atoms with E-state index in [0.717, 1.165) is 6.42 Å². The zero-order valence-electron chi connectivity index (χ0n) is 37.2. The van der Waals surface area contributed by atoms with Gasteiger partial charge in [0.2, 0.25) is 0 Å². The molecule has 11 aromatic rings. The molecule has 0 spiro atoms. The fraction of sp³-hybridized carbons (Fsp3) is 0.194. The highest BCUT2D eigenvalue weighted by atomic mass is 14.4. The average molecular weight is 797 g/mol. The summed E-state index contributed by atoms with van der Waals surface area (Å²) in [6.45, 7) is 18.7. The molecule has 0 aliphatic heterocycles. The van der Waals surface area contributed by atoms with Gasteiger partial charge < -0.3 is 0 Å². The predicted octanol–water partition coefficient (Wildman–Crippen LogP) is 17.6. The van der Waals surface area contributed by atoms with Crippen molar-refractivity contribution in [1.29, 1.82) is 0 Å². The third kappa shape index (κ3) is 5.38. The van der Waals surface area contributed by atoms with Crippen LogP contribution >= 0.6 is 0 Å². The van der Waals surface area contributed by atoms with E-state index in [1.165, 1.54) is 137 Å². The maximum absolute atomic E-state index is 2.53. The van der Waals surface area contributed by atoms with E-state index in [4.69, 9.17) is 0 Å². The highest BCUT2D eigenvalue weighted by molar-refractivity contribution is 6.27. The first-order valence-electron chi connectivity index (χ1n) is 22.7. The van der Waals surface area contributed by atoms with Crippen molar-refractivity contribution in [3.8, 4) is 44.5 Å². The van der Waals surface area contributed by atoms with Gasteiger partial charge in [0.25, 0.3) is 0 Å². The van der Waals surface area contributed by atoms with Crippen molar-refractivity contribution in [2.24, 2.45) is 5.92 Å². The largest absolute Gasteiger partial charge is 0.0625 e. The van der Waals surface area contributed by atoms with Gasteiger partial charge in [-0.3, -0.25) is 0 Å². The Morgan fingerprint density at radius 3 is 1.56 bits per heavy atom. The lowest BCUT2D eigenvalue weighted by Crippen LogP contribution is -2.14. The Kier molecular flexibility index (Phi) is 7.82. The molecule has 0 nitrogen and oxygen atoms in total. The molecule has 0 saturated carbocycles. The first kappa shape index (κ1) is 37.3. The molecule has 1 aliphatic carbocycles. The van der Waals surface area contributed by atoms with Gasteiger partial charge in [-0.25, -0.2) is 0 Å². The van der Waals surface area contributed by atoms with Crippen molar-refractivity contribution in [3.05, 3.63) is 179 Å². The summed E-state index contributed by atoms with van der Waals surface area (Å²) in [5.41, 5.74) is 17.2. The molecule has 0 bridgehead atoms. The molecular formula is C62H52. The predicted molar refractivity (Wildman–Crippen MR) is 270 cm³/mol. The summed E-state index contributed by atoms with van der Waals surface area (Å²) in [7, 11) is 0. The molecular weight excluding hydrogens is 745 g/mol. The minimum Gasteiger partial charge on any atom is -0.0625 e. The fourth-order valence-electron chi connectivity index (χ4n) is 11.5. The molecule has 11 aromatic carbocycles. The van der Waals surface area contributed by atoms with Crippen molar-refractivity contribution in [3.63, 3.8) is 0 Å². The first-order chi connectivity index (χ1) is 29.8. The van der Waals surface area contributed by atoms with Crippen molar-refractivity contribution < 1.29 is 0 Å². The number of aryl methyl sites for hydroxylation is 1. The van der Waals surface area contributed by atoms with E-state index >= 15 is 0 Å². The summed E-state index contributed by atoms with van der Waals surface area (Å²) < 4.78 is 0. The van der Waals surface area contributed by atoms with E-state index in [2.05, 4.69) is 207 Å². The van der Waals surface area contributed by atoms with E-state index < -0.39 is 0 Å². The van der Waals surface area contributed by atoms with Gasteiger partial charge in [-0.15, -0.1) is 0 Å². The molecule has 1 aliphatic rings. The zero-order valence-corrected chi connectivity index (χ0v) is 37.2. The van der Waals surface area contributed by atoms with Crippen LogP contribution in [0.25, 0.3) is 109 Å². The number of fused-ring (bicyclic) bond motifs is 3. The van der Waals surface area contributed by atoms with Crippen LogP contribution in [0, 0.1) is 12.8 Å². The van der Waals surface area contributed by atoms with Gasteiger partial charge in [0, 0.05) is 5.41 Å². The van der Waals surface area contributed by atoms with Crippen LogP contribution in [0.1, 0.15) is 76.3 Å². The highest BCUT2D eigenvalue weighted by Gasteiger charge is 2.35. The van der Waals surface area contributed by atoms with Gasteiger partial charge in [0.1, 0.15) is 0 Å². The van der Waals surface area contributed by atoms with Crippen LogP contribution in [0.5, 0.6) is 0 Å². The topological polar surface area (TPSA) is 0 Å². The molecule has 0 saturated heterocycles. The lowest BCUT2D eigenvalue weighted by atomic mass is 9.80. The van der Waals surface area contributed by atoms with Crippen LogP contribution < -0.4 is 0 Å². The van der Waals surface area contributed by atoms with Crippen molar-refractivity contribution in [1.82, 2.24) is 0 Å². The second kappa shape index (κ2) is 13.0. The van der Waals surface area contributed by atoms with Gasteiger partial charge in [-0.1, -0.05) is 188 Å². The quantitative estimate of drug-likeness (QED) is 0.152. The molecule has 0 aromatic heterocycles. The third-order valence-electron chi connectivity index (χ3n) is 14.6. The zero-order chi connectivity index (χ0) is 42.4. The van der Waals surface area contributed by atoms with Gasteiger partial charge in [0.05, 0.1) is 0 Å². The minimum atomic E-state index is -0.102. The number of hydrogen-bond donors (Lipinski definition) is 0. The molecule has 0 heterocycles. The maximum Gasteiger partial charge on any atom is 0.0159 e. The Hall–Kier alpha value is -6.50. The Labute approximate surface area is 365 Å². The van der Waals surface area contributed by atoms with E-state index in [0.29, 0.717) is 5.92 Å². The fourth-order valence-corrected chi connectivity index (χ4v) is 11.5. The second-order valence-electron chi connectivity index (χ2n) is 20.5. The first-order valence-corrected chi connectivity index (χ1v) is 22.7. The molecule has 0 atom stereocenters. The molecule has 0 heteroatoms. The standard InChI is InChI=1S/C62H52/c1-35(2)27-37-29-41-15-13-38-17-22-46(50-25-20-42(30-37)57(41)59(38)50)52-34-53(40-19-24-49-48-11-9-10-12-55(48)62(7,8)56(49)33-40)54(28-36(52)3)47-23-18-39-14-16-43-31-45(61(4,5)6)32-44-21-26-51(47)60(39)58(43)44/h9-26,28-35H,27H2,1-8H3. The minimum absolute atomic E-state index is 0.0707. The summed E-state index contributed by atoms with van der Waals surface area (Å²) in [6, 6.07) is 59.3. The van der Waals surface area contributed by atoms with E-state index in [9.17, 15) is 0 Å². The Balaban J connectivity index is 1.12. The van der Waals surface area contributed by atoms with Crippen molar-refractivity contribution in [2.45, 2.75) is 72.6 Å².